The minimum Gasteiger partial charge on any atom is -0.483 e. The second-order valence-electron chi connectivity index (χ2n) is 2.59. The van der Waals surface area contributed by atoms with Crippen molar-refractivity contribution < 1.29 is 29.0 Å². The van der Waals surface area contributed by atoms with E-state index in [0.29, 0.717) is 0 Å². The third-order valence-corrected chi connectivity index (χ3v) is 0.420. The van der Waals surface area contributed by atoms with Crippen molar-refractivity contribution in [3.05, 3.63) is 6.92 Å². The molecule has 0 aliphatic heterocycles. The Morgan fingerprint density at radius 1 is 1.44 bits per heavy atom. The summed E-state index contributed by atoms with van der Waals surface area (Å²) in [4.78, 5) is 10.1. The normalized spacial score (nSPS) is 9.67. The summed E-state index contributed by atoms with van der Waals surface area (Å²) in [7, 11) is 0. The molecule has 0 spiro atoms. The quantitative estimate of drug-likeness (QED) is 0.318. The molecule has 0 aliphatic carbocycles. The molecular formula is C6H11O2Zn+. The second kappa shape index (κ2) is 3.89. The fourth-order valence-corrected chi connectivity index (χ4v) is 0.342. The van der Waals surface area contributed by atoms with E-state index in [0.717, 1.165) is 0 Å². The minimum absolute atomic E-state index is 0. The molecule has 0 aromatic carbocycles. The van der Waals surface area contributed by atoms with Crippen LogP contribution in [0.5, 0.6) is 0 Å². The van der Waals surface area contributed by atoms with E-state index in [2.05, 4.69) is 11.7 Å². The maximum absolute atomic E-state index is 10.1. The van der Waals surface area contributed by atoms with Gasteiger partial charge in [-0.3, -0.25) is 11.7 Å². The van der Waals surface area contributed by atoms with Gasteiger partial charge in [-0.25, -0.2) is 0 Å². The average molecular weight is 181 g/mol. The standard InChI is InChI=1S/C6H11O2.Zn/c1-5(7)8-6(2,3)4;/h1H2,2-4H3;/q-1;+2. The molecule has 0 N–H and O–H groups in total. The molecular weight excluding hydrogens is 169 g/mol. The molecule has 0 aromatic heterocycles. The van der Waals surface area contributed by atoms with Crippen LogP contribution in [0, 0.1) is 6.92 Å². The molecule has 0 aliphatic rings. The first-order valence-corrected chi connectivity index (χ1v) is 2.47. The van der Waals surface area contributed by atoms with Crippen LogP contribution in [0.25, 0.3) is 0 Å². The number of carbonyl (C=O) groups excluding carboxylic acids is 1. The van der Waals surface area contributed by atoms with Crippen LogP contribution in [0.4, 0.5) is 0 Å². The summed E-state index contributed by atoms with van der Waals surface area (Å²) in [5.41, 5.74) is -0.390. The fourth-order valence-electron chi connectivity index (χ4n) is 0.342. The zero-order valence-corrected chi connectivity index (χ0v) is 9.20. The van der Waals surface area contributed by atoms with Gasteiger partial charge in [0.2, 0.25) is 0 Å². The molecule has 2 nitrogen and oxygen atoms in total. The van der Waals surface area contributed by atoms with Crippen LogP contribution in [-0.4, -0.2) is 11.6 Å². The zero-order chi connectivity index (χ0) is 6.78. The summed E-state index contributed by atoms with van der Waals surface area (Å²) in [6.07, 6.45) is 0. The van der Waals surface area contributed by atoms with E-state index in [1.54, 1.807) is 20.8 Å². The predicted octanol–water partition coefficient (Wildman–Crippen LogP) is 1.16. The van der Waals surface area contributed by atoms with E-state index >= 15 is 0 Å². The Kier molecular flexibility index (Phi) is 5.07. The molecule has 0 amide bonds. The van der Waals surface area contributed by atoms with E-state index in [1.165, 1.54) is 0 Å². The van der Waals surface area contributed by atoms with Gasteiger partial charge in [0.15, 0.2) is 5.97 Å². The van der Waals surface area contributed by atoms with Crippen LogP contribution in [-0.2, 0) is 29.0 Å². The van der Waals surface area contributed by atoms with Gasteiger partial charge in [0.1, 0.15) is 5.60 Å². The summed E-state index contributed by atoms with van der Waals surface area (Å²) < 4.78 is 4.69. The summed E-state index contributed by atoms with van der Waals surface area (Å²) in [5.74, 6) is -0.475. The van der Waals surface area contributed by atoms with Crippen molar-refractivity contribution in [3.63, 3.8) is 0 Å². The van der Waals surface area contributed by atoms with Gasteiger partial charge in [0, 0.05) is 0 Å². The molecule has 0 saturated carbocycles. The van der Waals surface area contributed by atoms with Crippen LogP contribution in [0.15, 0.2) is 0 Å². The van der Waals surface area contributed by atoms with E-state index in [1.807, 2.05) is 0 Å². The Labute approximate surface area is 68.7 Å². The summed E-state index contributed by atoms with van der Waals surface area (Å²) in [6, 6.07) is 0. The van der Waals surface area contributed by atoms with Crippen molar-refractivity contribution in [3.8, 4) is 0 Å². The van der Waals surface area contributed by atoms with Gasteiger partial charge >= 0.3 is 19.5 Å². The van der Waals surface area contributed by atoms with Gasteiger partial charge in [0.05, 0.1) is 0 Å². The zero-order valence-electron chi connectivity index (χ0n) is 6.23. The van der Waals surface area contributed by atoms with Crippen molar-refractivity contribution in [1.29, 1.82) is 0 Å². The topological polar surface area (TPSA) is 26.3 Å². The molecule has 0 bridgehead atoms. The smallest absolute Gasteiger partial charge is 0.483 e. The average Bonchev–Trinajstić information content (AvgIpc) is 1.21. The van der Waals surface area contributed by atoms with E-state index in [4.69, 9.17) is 0 Å². The van der Waals surface area contributed by atoms with Gasteiger partial charge in [-0.15, -0.1) is 0 Å². The van der Waals surface area contributed by atoms with E-state index in [9.17, 15) is 4.79 Å². The first-order chi connectivity index (χ1) is 3.42. The summed E-state index contributed by atoms with van der Waals surface area (Å²) in [5, 5.41) is 0. The van der Waals surface area contributed by atoms with Gasteiger partial charge in [-0.2, -0.15) is 0 Å². The van der Waals surface area contributed by atoms with Crippen molar-refractivity contribution in [2.75, 3.05) is 0 Å². The summed E-state index contributed by atoms with van der Waals surface area (Å²) >= 11 is 0. The van der Waals surface area contributed by atoms with Gasteiger partial charge < -0.3 is 4.74 Å². The van der Waals surface area contributed by atoms with Crippen molar-refractivity contribution >= 4 is 5.97 Å². The van der Waals surface area contributed by atoms with Crippen molar-refractivity contribution in [2.24, 2.45) is 0 Å². The molecule has 0 saturated heterocycles. The SMILES string of the molecule is [CH2-]C(=O)OC(C)(C)C.[Zn+2]. The van der Waals surface area contributed by atoms with E-state index < -0.39 is 11.6 Å². The molecule has 0 unspecified atom stereocenters. The van der Waals surface area contributed by atoms with Gasteiger partial charge in [-0.1, -0.05) is 0 Å². The van der Waals surface area contributed by atoms with Crippen molar-refractivity contribution in [1.82, 2.24) is 0 Å². The third-order valence-electron chi connectivity index (χ3n) is 0.420. The van der Waals surface area contributed by atoms with Crippen molar-refractivity contribution in [2.45, 2.75) is 26.4 Å². The molecule has 0 heterocycles. The maximum Gasteiger partial charge on any atom is 2.00 e. The molecule has 48 valence electrons. The Morgan fingerprint density at radius 2 is 1.78 bits per heavy atom. The molecule has 3 heteroatoms. The Hall–Kier alpha value is -0.0366. The number of rotatable bonds is 0. The predicted molar refractivity (Wildman–Crippen MR) is 31.2 cm³/mol. The van der Waals surface area contributed by atoms with E-state index in [-0.39, 0.29) is 19.5 Å². The van der Waals surface area contributed by atoms with Gasteiger partial charge in [-0.05, 0) is 20.8 Å². The number of hydrogen-bond donors (Lipinski definition) is 0. The largest absolute Gasteiger partial charge is 2.00 e. The molecule has 9 heavy (non-hydrogen) atoms. The number of ether oxygens (including phenoxy) is 1. The first kappa shape index (κ1) is 11.7. The number of esters is 1. The number of carbonyl (C=O) groups is 1. The molecule has 0 fully saturated rings. The van der Waals surface area contributed by atoms with Crippen LogP contribution >= 0.6 is 0 Å². The van der Waals surface area contributed by atoms with Crippen LogP contribution in [0.1, 0.15) is 20.8 Å². The third kappa shape index (κ3) is 11.5. The molecule has 0 radical (unpaired) electrons. The molecule has 0 rings (SSSR count). The molecule has 0 atom stereocenters. The Bertz CT molecular complexity index is 93.7. The second-order valence-corrected chi connectivity index (χ2v) is 2.59. The van der Waals surface area contributed by atoms with Gasteiger partial charge in [0.25, 0.3) is 0 Å². The minimum atomic E-state index is -0.475. The van der Waals surface area contributed by atoms with Crippen LogP contribution in [0.3, 0.4) is 0 Å². The fraction of sp³-hybridized carbons (Fsp3) is 0.667. The molecule has 0 aromatic rings. The Morgan fingerprint density at radius 3 is 1.78 bits per heavy atom. The first-order valence-electron chi connectivity index (χ1n) is 2.47. The Balaban J connectivity index is 0. The van der Waals surface area contributed by atoms with Crippen LogP contribution in [0.2, 0.25) is 0 Å². The number of hydrogen-bond acceptors (Lipinski definition) is 2. The monoisotopic (exact) mass is 179 g/mol. The van der Waals surface area contributed by atoms with Crippen LogP contribution < -0.4 is 0 Å². The summed E-state index contributed by atoms with van der Waals surface area (Å²) in [6.45, 7) is 8.47. The maximum atomic E-state index is 10.1.